The van der Waals surface area contributed by atoms with Crippen molar-refractivity contribution < 1.29 is 13.5 Å². The maximum Gasteiger partial charge on any atom is 0.387 e. The molecule has 0 aliphatic carbocycles. The maximum atomic E-state index is 12.2. The predicted molar refractivity (Wildman–Crippen MR) is 67.5 cm³/mol. The van der Waals surface area contributed by atoms with E-state index in [4.69, 9.17) is 11.6 Å². The van der Waals surface area contributed by atoms with Gasteiger partial charge in [0.05, 0.1) is 18.4 Å². The van der Waals surface area contributed by atoms with E-state index in [-0.39, 0.29) is 5.75 Å². The number of alkyl halides is 2. The van der Waals surface area contributed by atoms with Gasteiger partial charge in [-0.1, -0.05) is 23.7 Å². The Kier molecular flexibility index (Phi) is 4.33. The van der Waals surface area contributed by atoms with Crippen molar-refractivity contribution in [2.45, 2.75) is 13.2 Å². The first-order chi connectivity index (χ1) is 8.65. The van der Waals surface area contributed by atoms with Gasteiger partial charge in [0, 0.05) is 0 Å². The van der Waals surface area contributed by atoms with Crippen molar-refractivity contribution in [1.29, 1.82) is 0 Å². The number of thiazole rings is 1. The Labute approximate surface area is 111 Å². The molecule has 0 radical (unpaired) electrons. The maximum absolute atomic E-state index is 12.2. The quantitative estimate of drug-likeness (QED) is 0.903. The Morgan fingerprint density at radius 1 is 1.39 bits per heavy atom. The molecule has 0 saturated heterocycles. The van der Waals surface area contributed by atoms with Crippen LogP contribution in [0.3, 0.4) is 0 Å². The number of aromatic nitrogens is 1. The summed E-state index contributed by atoms with van der Waals surface area (Å²) in [5.74, 6) is 0.107. The Morgan fingerprint density at radius 3 is 2.83 bits per heavy atom. The highest BCUT2D eigenvalue weighted by Gasteiger charge is 2.09. The molecule has 0 saturated carbocycles. The minimum Gasteiger partial charge on any atom is -0.433 e. The van der Waals surface area contributed by atoms with Gasteiger partial charge in [-0.25, -0.2) is 4.98 Å². The third-order valence-electron chi connectivity index (χ3n) is 2.06. The van der Waals surface area contributed by atoms with Gasteiger partial charge in [0.25, 0.3) is 0 Å². The fourth-order valence-electron chi connectivity index (χ4n) is 1.35. The number of hydrogen-bond donors (Lipinski definition) is 1. The largest absolute Gasteiger partial charge is 0.433 e. The van der Waals surface area contributed by atoms with E-state index in [0.717, 1.165) is 5.01 Å². The molecular weight excluding hydrogens is 282 g/mol. The average Bonchev–Trinajstić information content (AvgIpc) is 2.73. The number of para-hydroxylation sites is 2. The summed E-state index contributed by atoms with van der Waals surface area (Å²) in [7, 11) is 0. The van der Waals surface area contributed by atoms with Crippen molar-refractivity contribution in [2.75, 3.05) is 5.32 Å². The number of halogens is 3. The molecule has 2 aromatic rings. The van der Waals surface area contributed by atoms with E-state index in [1.54, 1.807) is 24.4 Å². The summed E-state index contributed by atoms with van der Waals surface area (Å²) in [6, 6.07) is 6.49. The van der Waals surface area contributed by atoms with E-state index < -0.39 is 6.61 Å². The molecule has 2 rings (SSSR count). The van der Waals surface area contributed by atoms with Crippen LogP contribution in [0.25, 0.3) is 0 Å². The molecule has 0 amide bonds. The monoisotopic (exact) mass is 290 g/mol. The average molecular weight is 291 g/mol. The number of anilines is 1. The normalized spacial score (nSPS) is 10.7. The lowest BCUT2D eigenvalue weighted by Crippen LogP contribution is -2.06. The molecule has 0 bridgehead atoms. The second kappa shape index (κ2) is 5.97. The van der Waals surface area contributed by atoms with Crippen molar-refractivity contribution in [3.63, 3.8) is 0 Å². The summed E-state index contributed by atoms with van der Waals surface area (Å²) in [6.45, 7) is -2.44. The molecule has 96 valence electrons. The molecule has 0 unspecified atom stereocenters. The first kappa shape index (κ1) is 13.0. The molecule has 7 heteroatoms. The SMILES string of the molecule is FC(F)Oc1ccccc1NCc1ncc(Cl)s1. The molecule has 18 heavy (non-hydrogen) atoms. The van der Waals surface area contributed by atoms with Crippen molar-refractivity contribution in [1.82, 2.24) is 4.98 Å². The molecular formula is C11H9ClF2N2OS. The zero-order valence-electron chi connectivity index (χ0n) is 9.07. The zero-order valence-corrected chi connectivity index (χ0v) is 10.6. The molecule has 1 aromatic heterocycles. The third-order valence-corrected chi connectivity index (χ3v) is 3.17. The van der Waals surface area contributed by atoms with Crippen molar-refractivity contribution >= 4 is 28.6 Å². The summed E-state index contributed by atoms with van der Waals surface area (Å²) in [5, 5.41) is 3.75. The standard InChI is InChI=1S/C11H9ClF2N2OS/c12-9-5-16-10(18-9)6-15-7-3-1-2-4-8(7)17-11(13)14/h1-5,11,15H,6H2. The van der Waals surface area contributed by atoms with Gasteiger partial charge < -0.3 is 10.1 Å². The molecule has 1 heterocycles. The van der Waals surface area contributed by atoms with Gasteiger partial charge in [0.2, 0.25) is 0 Å². The molecule has 1 N–H and O–H groups in total. The molecule has 0 spiro atoms. The van der Waals surface area contributed by atoms with E-state index >= 15 is 0 Å². The lowest BCUT2D eigenvalue weighted by molar-refractivity contribution is -0.0493. The number of rotatable bonds is 5. The Morgan fingerprint density at radius 2 is 2.17 bits per heavy atom. The first-order valence-electron chi connectivity index (χ1n) is 5.03. The van der Waals surface area contributed by atoms with E-state index in [9.17, 15) is 8.78 Å². The number of ether oxygens (including phenoxy) is 1. The minimum absolute atomic E-state index is 0.107. The van der Waals surface area contributed by atoms with E-state index in [2.05, 4.69) is 15.0 Å². The van der Waals surface area contributed by atoms with Crippen LogP contribution in [-0.4, -0.2) is 11.6 Å². The Hall–Kier alpha value is -1.40. The highest BCUT2D eigenvalue weighted by Crippen LogP contribution is 2.26. The van der Waals surface area contributed by atoms with Crippen LogP contribution in [0.2, 0.25) is 4.34 Å². The summed E-state index contributed by atoms with van der Waals surface area (Å²) >= 11 is 7.08. The van der Waals surface area contributed by atoms with E-state index in [1.807, 2.05) is 0 Å². The predicted octanol–water partition coefficient (Wildman–Crippen LogP) is 4.01. The summed E-state index contributed by atoms with van der Waals surface area (Å²) in [5.41, 5.74) is 0.490. The van der Waals surface area contributed by atoms with Crippen LogP contribution in [0, 0.1) is 0 Å². The Balaban J connectivity index is 2.04. The molecule has 0 aliphatic heterocycles. The highest BCUT2D eigenvalue weighted by atomic mass is 35.5. The second-order valence-electron chi connectivity index (χ2n) is 3.29. The van der Waals surface area contributed by atoms with Crippen LogP contribution in [0.1, 0.15) is 5.01 Å². The van der Waals surface area contributed by atoms with Gasteiger partial charge >= 0.3 is 6.61 Å². The van der Waals surface area contributed by atoms with Gasteiger partial charge in [0.1, 0.15) is 15.1 Å². The summed E-state index contributed by atoms with van der Waals surface area (Å²) < 4.78 is 29.4. The fraction of sp³-hybridized carbons (Fsp3) is 0.182. The van der Waals surface area contributed by atoms with Crippen LogP contribution >= 0.6 is 22.9 Å². The van der Waals surface area contributed by atoms with Crippen molar-refractivity contribution in [3.05, 3.63) is 39.8 Å². The summed E-state index contributed by atoms with van der Waals surface area (Å²) in [4.78, 5) is 4.06. The van der Waals surface area contributed by atoms with Crippen LogP contribution in [0.4, 0.5) is 14.5 Å². The topological polar surface area (TPSA) is 34.1 Å². The number of nitrogens with zero attached hydrogens (tertiary/aromatic N) is 1. The third kappa shape index (κ3) is 3.54. The zero-order chi connectivity index (χ0) is 13.0. The van der Waals surface area contributed by atoms with Gasteiger partial charge in [-0.3, -0.25) is 0 Å². The van der Waals surface area contributed by atoms with Crippen LogP contribution in [0.5, 0.6) is 5.75 Å². The summed E-state index contributed by atoms with van der Waals surface area (Å²) in [6.07, 6.45) is 1.55. The molecule has 3 nitrogen and oxygen atoms in total. The fourth-order valence-corrected chi connectivity index (χ4v) is 2.25. The van der Waals surface area contributed by atoms with Crippen LogP contribution in [0.15, 0.2) is 30.5 Å². The molecule has 0 atom stereocenters. The van der Waals surface area contributed by atoms with Gasteiger partial charge in [-0.15, -0.1) is 11.3 Å². The number of nitrogens with one attached hydrogen (secondary N) is 1. The molecule has 1 aromatic carbocycles. The van der Waals surface area contributed by atoms with Crippen molar-refractivity contribution in [2.24, 2.45) is 0 Å². The molecule has 0 aliphatic rings. The van der Waals surface area contributed by atoms with Crippen molar-refractivity contribution in [3.8, 4) is 5.75 Å². The van der Waals surface area contributed by atoms with Gasteiger partial charge in [0.15, 0.2) is 0 Å². The van der Waals surface area contributed by atoms with Crippen LogP contribution in [-0.2, 0) is 6.54 Å². The van der Waals surface area contributed by atoms with E-state index in [1.165, 1.54) is 17.4 Å². The lowest BCUT2D eigenvalue weighted by atomic mass is 10.3. The minimum atomic E-state index is -2.85. The number of benzene rings is 1. The van der Waals surface area contributed by atoms with E-state index in [0.29, 0.717) is 16.6 Å². The van der Waals surface area contributed by atoms with Crippen LogP contribution < -0.4 is 10.1 Å². The lowest BCUT2D eigenvalue weighted by Gasteiger charge is -2.11. The number of hydrogen-bond acceptors (Lipinski definition) is 4. The smallest absolute Gasteiger partial charge is 0.387 e. The first-order valence-corrected chi connectivity index (χ1v) is 6.22. The highest BCUT2D eigenvalue weighted by molar-refractivity contribution is 7.15. The second-order valence-corrected chi connectivity index (χ2v) is 5.03. The van der Waals surface area contributed by atoms with Gasteiger partial charge in [-0.05, 0) is 12.1 Å². The van der Waals surface area contributed by atoms with Gasteiger partial charge in [-0.2, -0.15) is 8.78 Å². The Bertz CT molecular complexity index is 521. The molecule has 0 fully saturated rings.